The molecule has 378 valence electrons. The van der Waals surface area contributed by atoms with Crippen molar-refractivity contribution < 1.29 is 26.3 Å². The maximum Gasteiger partial charge on any atom is 0.416 e. The third kappa shape index (κ3) is 11.6. The summed E-state index contributed by atoms with van der Waals surface area (Å²) >= 11 is 0. The summed E-state index contributed by atoms with van der Waals surface area (Å²) in [6, 6.07) is 47.8. The van der Waals surface area contributed by atoms with Gasteiger partial charge in [-0.25, -0.2) is 0 Å². The highest BCUT2D eigenvalue weighted by atomic mass is 19.4. The lowest BCUT2D eigenvalue weighted by atomic mass is 9.79. The number of benzene rings is 6. The molecule has 0 N–H and O–H groups in total. The Balaban J connectivity index is 1.28. The van der Waals surface area contributed by atoms with Crippen LogP contribution in [0.3, 0.4) is 0 Å². The largest absolute Gasteiger partial charge is 0.416 e. The molecule has 0 fully saturated rings. The molecule has 2 nitrogen and oxygen atoms in total. The number of halogens is 6. The summed E-state index contributed by atoms with van der Waals surface area (Å²) in [4.78, 5) is 4.47. The van der Waals surface area contributed by atoms with Gasteiger partial charge in [0.1, 0.15) is 11.1 Å². The number of hydrogen-bond donors (Lipinski definition) is 0. The van der Waals surface area contributed by atoms with E-state index in [9.17, 15) is 26.3 Å². The summed E-state index contributed by atoms with van der Waals surface area (Å²) in [5, 5.41) is 0. The molecule has 2 aliphatic rings. The zero-order chi connectivity index (χ0) is 50.6. The molecule has 2 aliphatic heterocycles. The van der Waals surface area contributed by atoms with Crippen molar-refractivity contribution in [1.82, 2.24) is 0 Å². The van der Waals surface area contributed by atoms with Gasteiger partial charge in [0, 0.05) is 11.4 Å². The highest BCUT2D eigenvalue weighted by molar-refractivity contribution is 5.82. The summed E-state index contributed by atoms with van der Waals surface area (Å²) in [5.41, 5.74) is 4.76. The minimum Gasteiger partial charge on any atom is -0.322 e. The van der Waals surface area contributed by atoms with Gasteiger partial charge in [-0.3, -0.25) is 0 Å². The summed E-state index contributed by atoms with van der Waals surface area (Å²) in [6.45, 7) is 4.47. The monoisotopic (exact) mass is 981 g/mol. The van der Waals surface area contributed by atoms with Crippen LogP contribution >= 0.6 is 0 Å². The second-order valence-corrected chi connectivity index (χ2v) is 19.9. The molecule has 8 heteroatoms. The molecule has 72 heavy (non-hydrogen) atoms. The average Bonchev–Trinajstić information content (AvgIpc) is 3.90. The minimum atomic E-state index is -4.54. The molecule has 0 spiro atoms. The SMILES string of the molecule is CCCCCCCCCCc1ccc(N2C3=CC(c4ccccc4)(c4ccc(C(F)(F)F)cc4)N(c4ccc(CCCCCCCCCC)cc4)C3=CC2(c2ccccc2)c2ccc(C(F)(F)F)cc2)cc1. The molecule has 2 heterocycles. The van der Waals surface area contributed by atoms with Crippen LogP contribution in [0, 0.1) is 0 Å². The second-order valence-electron chi connectivity index (χ2n) is 19.9. The quantitative estimate of drug-likeness (QED) is 0.0440. The van der Waals surface area contributed by atoms with Gasteiger partial charge in [-0.15, -0.1) is 0 Å². The molecular formula is C64H70F6N2. The van der Waals surface area contributed by atoms with Crippen molar-refractivity contribution in [2.75, 3.05) is 9.80 Å². The van der Waals surface area contributed by atoms with Crippen molar-refractivity contribution in [3.05, 3.63) is 226 Å². The molecule has 2 unspecified atom stereocenters. The van der Waals surface area contributed by atoms with E-state index in [0.717, 1.165) is 96.7 Å². The highest BCUT2D eigenvalue weighted by Crippen LogP contribution is 2.59. The summed E-state index contributed by atoms with van der Waals surface area (Å²) < 4.78 is 85.8. The first-order valence-electron chi connectivity index (χ1n) is 26.6. The predicted molar refractivity (Wildman–Crippen MR) is 284 cm³/mol. The Morgan fingerprint density at radius 3 is 0.931 bits per heavy atom. The lowest BCUT2D eigenvalue weighted by Gasteiger charge is -2.43. The first-order valence-corrected chi connectivity index (χ1v) is 26.6. The Hall–Kier alpha value is -6.02. The van der Waals surface area contributed by atoms with Gasteiger partial charge in [-0.2, -0.15) is 26.3 Å². The first kappa shape index (κ1) is 52.3. The highest BCUT2D eigenvalue weighted by Gasteiger charge is 2.56. The second kappa shape index (κ2) is 23.7. The van der Waals surface area contributed by atoms with Crippen molar-refractivity contribution >= 4 is 11.4 Å². The van der Waals surface area contributed by atoms with E-state index in [-0.39, 0.29) is 0 Å². The first-order chi connectivity index (χ1) is 34.9. The Labute approximate surface area is 424 Å². The summed E-state index contributed by atoms with van der Waals surface area (Å²) in [7, 11) is 0. The number of unbranched alkanes of at least 4 members (excludes halogenated alkanes) is 14. The van der Waals surface area contributed by atoms with E-state index >= 15 is 0 Å². The Bertz CT molecular complexity index is 2480. The van der Waals surface area contributed by atoms with Gasteiger partial charge < -0.3 is 9.80 Å². The molecule has 0 amide bonds. The third-order valence-electron chi connectivity index (χ3n) is 14.9. The van der Waals surface area contributed by atoms with E-state index in [1.807, 2.05) is 60.7 Å². The standard InChI is InChI=1S/C64H70F6N2/c1-3-5-7-9-11-13-15-19-25-49-31-43-57(44-32-49)71-59-47-62(52-29-23-18-24-30-52,54-37-41-56(42-38-54)64(68,69)70)72(58-45-33-50(34-46-58)26-20-16-14-12-10-8-6-4-2)60(59)48-61(71,51-27-21-17-22-28-51)53-35-39-55(40-36-53)63(65,66)67/h17-18,21-24,27-48H,3-16,19-20,25-26H2,1-2H3. The van der Waals surface area contributed by atoms with Gasteiger partial charge in [0.25, 0.3) is 0 Å². The maximum atomic E-state index is 14.3. The average molecular weight is 981 g/mol. The Kier molecular flexibility index (Phi) is 17.2. The molecule has 0 aromatic heterocycles. The van der Waals surface area contributed by atoms with Crippen molar-refractivity contribution in [2.24, 2.45) is 0 Å². The van der Waals surface area contributed by atoms with Crippen molar-refractivity contribution in [1.29, 1.82) is 0 Å². The van der Waals surface area contributed by atoms with Crippen LogP contribution < -0.4 is 9.80 Å². The van der Waals surface area contributed by atoms with Crippen LogP contribution in [0.15, 0.2) is 181 Å². The van der Waals surface area contributed by atoms with Crippen LogP contribution in [0.25, 0.3) is 0 Å². The minimum absolute atomic E-state index is 0.632. The topological polar surface area (TPSA) is 6.48 Å². The number of fused-ring (bicyclic) bond motifs is 1. The fourth-order valence-corrected chi connectivity index (χ4v) is 11.0. The zero-order valence-corrected chi connectivity index (χ0v) is 42.1. The lowest BCUT2D eigenvalue weighted by Crippen LogP contribution is -2.44. The van der Waals surface area contributed by atoms with Crippen molar-refractivity contribution in [3.8, 4) is 0 Å². The fourth-order valence-electron chi connectivity index (χ4n) is 11.0. The predicted octanol–water partition coefficient (Wildman–Crippen LogP) is 19.1. The third-order valence-corrected chi connectivity index (χ3v) is 14.9. The van der Waals surface area contributed by atoms with Crippen LogP contribution in [-0.2, 0) is 36.3 Å². The van der Waals surface area contributed by atoms with E-state index in [4.69, 9.17) is 0 Å². The van der Waals surface area contributed by atoms with Crippen molar-refractivity contribution in [2.45, 2.75) is 153 Å². The molecule has 0 saturated heterocycles. The van der Waals surface area contributed by atoms with Crippen LogP contribution in [0.5, 0.6) is 0 Å². The molecule has 8 rings (SSSR count). The molecule has 6 aromatic carbocycles. The molecule has 0 saturated carbocycles. The fraction of sp³-hybridized carbons (Fsp3) is 0.375. The van der Waals surface area contributed by atoms with Crippen LogP contribution in [0.1, 0.15) is 161 Å². The van der Waals surface area contributed by atoms with Crippen molar-refractivity contribution in [3.63, 3.8) is 0 Å². The van der Waals surface area contributed by atoms with Crippen LogP contribution in [0.4, 0.5) is 37.7 Å². The molecule has 0 radical (unpaired) electrons. The molecule has 2 atom stereocenters. The van der Waals surface area contributed by atoms with Crippen LogP contribution in [-0.4, -0.2) is 0 Å². The number of hydrogen-bond acceptors (Lipinski definition) is 2. The Morgan fingerprint density at radius 1 is 0.333 bits per heavy atom. The van der Waals surface area contributed by atoms with E-state index in [0.29, 0.717) is 11.1 Å². The normalized spacial score (nSPS) is 17.8. The van der Waals surface area contributed by atoms with E-state index in [2.05, 4.69) is 84.3 Å². The number of aryl methyl sites for hydroxylation is 2. The molecule has 0 bridgehead atoms. The molecule has 6 aromatic rings. The van der Waals surface area contributed by atoms with E-state index in [1.165, 1.54) is 88.2 Å². The molecule has 0 aliphatic carbocycles. The van der Waals surface area contributed by atoms with Gasteiger partial charge in [0.2, 0.25) is 0 Å². The number of anilines is 2. The number of nitrogens with zero attached hydrogens (tertiary/aromatic N) is 2. The van der Waals surface area contributed by atoms with Gasteiger partial charge in [0.05, 0.1) is 22.5 Å². The smallest absolute Gasteiger partial charge is 0.322 e. The Morgan fingerprint density at radius 2 is 0.625 bits per heavy atom. The van der Waals surface area contributed by atoms with E-state index in [1.54, 1.807) is 24.3 Å². The lowest BCUT2D eigenvalue weighted by molar-refractivity contribution is -0.138. The van der Waals surface area contributed by atoms with Gasteiger partial charge in [-0.05, 0) is 120 Å². The zero-order valence-electron chi connectivity index (χ0n) is 42.1. The number of alkyl halides is 6. The van der Waals surface area contributed by atoms with E-state index < -0.39 is 34.6 Å². The molecular weight excluding hydrogens is 911 g/mol. The summed E-state index contributed by atoms with van der Waals surface area (Å²) in [5.74, 6) is 0. The number of rotatable bonds is 24. The van der Waals surface area contributed by atoms with Gasteiger partial charge in [-0.1, -0.05) is 213 Å². The van der Waals surface area contributed by atoms with Crippen LogP contribution in [0.2, 0.25) is 0 Å². The summed E-state index contributed by atoms with van der Waals surface area (Å²) in [6.07, 6.45) is 16.7. The van der Waals surface area contributed by atoms with Gasteiger partial charge in [0.15, 0.2) is 0 Å². The maximum absolute atomic E-state index is 14.3. The van der Waals surface area contributed by atoms with Gasteiger partial charge >= 0.3 is 12.4 Å².